The summed E-state index contributed by atoms with van der Waals surface area (Å²) in [4.78, 5) is 26.7. The third-order valence-electron chi connectivity index (χ3n) is 23.7. The Kier molecular flexibility index (Phi) is 26.1. The summed E-state index contributed by atoms with van der Waals surface area (Å²) in [5, 5.41) is 2.25. The Morgan fingerprint density at radius 1 is 0.316 bits per heavy atom. The smallest absolute Gasteiger partial charge is 0.194 e. The number of fused-ring (bicyclic) bond motifs is 11. The molecule has 117 heavy (non-hydrogen) atoms. The van der Waals surface area contributed by atoms with E-state index in [0.717, 1.165) is 43.4 Å². The van der Waals surface area contributed by atoms with Crippen LogP contribution < -0.4 is 0 Å². The van der Waals surface area contributed by atoms with Gasteiger partial charge in [-0.05, 0) is 141 Å². The molecule has 0 spiro atoms. The quantitative estimate of drug-likeness (QED) is 0.156. The highest BCUT2D eigenvalue weighted by molar-refractivity contribution is 6.37. The van der Waals surface area contributed by atoms with Crippen molar-refractivity contribution < 1.29 is 4.79 Å². The van der Waals surface area contributed by atoms with Gasteiger partial charge in [-0.3, -0.25) is 4.79 Å². The van der Waals surface area contributed by atoms with E-state index in [4.69, 9.17) is 49.8 Å². The molecule has 1 aromatic heterocycles. The maximum atomic E-state index is 12.0. The molecule has 0 unspecified atom stereocenters. The second-order valence-corrected chi connectivity index (χ2v) is 33.5. The fraction of sp³-hybridized carbons (Fsp3) is 0.200. The summed E-state index contributed by atoms with van der Waals surface area (Å²) >= 11 is 19.2. The minimum atomic E-state index is 0. The number of hydrogen-bond donors (Lipinski definition) is 0. The standard InChI is InChI=1S/C33H36ClN3.C21H18.C21H17.C15H13Cl.C13H7ClO.C6H6.CH4/c34-30-23-28(25-16-10-6-4-2-1-3-5-7-11-17-25)22-29(24-30)33-36-31(26-18-12-8-13-19-26)35-32(37-33)27-20-14-9-15-21-27;2*1-21(2)18-13-7-6-11-17(18)20-16(12-8-14-19(20)21)15-9-4-3-5-10-15;1-15(2)11-7-4-3-6-10(11)14-12(15)8-5-9-13(14)16;14-11-7-3-6-10-12(11)8-4-1-2-5-9(8)13(10)15;1-2-4-6-5-3-1;/h8-9,12-15,18-25H,1-7,10-11,16-17H2;3-14H,1-2H3;3-6,8-14H,1-2H3;3-9H,1-2H3;1-7H;1-6H;1H4/q;;+1;;;;. The first-order chi connectivity index (χ1) is 56.6. The zero-order valence-corrected chi connectivity index (χ0v) is 69.3. The maximum absolute atomic E-state index is 12.0. The molecule has 0 atom stereocenters. The highest BCUT2D eigenvalue weighted by atomic mass is 35.5. The monoisotopic (exact) mass is 1580 g/mol. The Labute approximate surface area is 708 Å². The first-order valence-corrected chi connectivity index (χ1v) is 42.2. The van der Waals surface area contributed by atoms with Gasteiger partial charge in [-0.1, -0.05) is 419 Å². The van der Waals surface area contributed by atoms with E-state index in [9.17, 15) is 4.79 Å². The normalized spacial score (nSPS) is 15.0. The molecule has 14 aromatic rings. The van der Waals surface area contributed by atoms with Crippen LogP contribution in [0.15, 0.2) is 345 Å². The molecule has 1 fully saturated rings. The largest absolute Gasteiger partial charge is 0.289 e. The van der Waals surface area contributed by atoms with Crippen molar-refractivity contribution in [3.63, 3.8) is 0 Å². The highest BCUT2D eigenvalue weighted by Gasteiger charge is 2.44. The van der Waals surface area contributed by atoms with Gasteiger partial charge in [-0.25, -0.2) is 15.0 Å². The number of benzene rings is 13. The van der Waals surface area contributed by atoms with Gasteiger partial charge in [-0.2, -0.15) is 0 Å². The van der Waals surface area contributed by atoms with Crippen molar-refractivity contribution in [1.29, 1.82) is 0 Å². The van der Waals surface area contributed by atoms with Crippen molar-refractivity contribution in [3.05, 3.63) is 417 Å². The summed E-state index contributed by atoms with van der Waals surface area (Å²) in [6.07, 6.45) is 24.2. The van der Waals surface area contributed by atoms with E-state index in [1.807, 2.05) is 164 Å². The first kappa shape index (κ1) is 82.1. The molecule has 6 aliphatic carbocycles. The van der Waals surface area contributed by atoms with E-state index in [1.165, 1.54) is 165 Å². The zero-order valence-electron chi connectivity index (χ0n) is 67.1. The van der Waals surface area contributed by atoms with Crippen molar-refractivity contribution in [3.8, 4) is 89.8 Å². The summed E-state index contributed by atoms with van der Waals surface area (Å²) in [6.45, 7) is 13.8. The van der Waals surface area contributed by atoms with Crippen LogP contribution in [0.2, 0.25) is 15.1 Å². The third-order valence-corrected chi connectivity index (χ3v) is 24.5. The lowest BCUT2D eigenvalue weighted by Gasteiger charge is -2.21. The van der Waals surface area contributed by atoms with Crippen LogP contribution in [0.1, 0.15) is 180 Å². The van der Waals surface area contributed by atoms with Crippen LogP contribution in [0.25, 0.3) is 95.4 Å². The van der Waals surface area contributed by atoms with Gasteiger partial charge >= 0.3 is 0 Å². The molecule has 0 N–H and O–H groups in total. The fourth-order valence-electron chi connectivity index (χ4n) is 17.7. The Balaban J connectivity index is 0.000000122. The van der Waals surface area contributed by atoms with Gasteiger partial charge in [0.1, 0.15) is 12.2 Å². The number of ketones is 1. The molecule has 0 radical (unpaired) electrons. The molecule has 7 heteroatoms. The summed E-state index contributed by atoms with van der Waals surface area (Å²) in [5.74, 6) is 2.63. The van der Waals surface area contributed by atoms with Crippen molar-refractivity contribution in [2.24, 2.45) is 0 Å². The molecule has 0 bridgehead atoms. The average Bonchev–Trinajstić information content (AvgIpc) is 1.59. The molecule has 1 heterocycles. The second-order valence-electron chi connectivity index (χ2n) is 32.2. The number of aromatic nitrogens is 3. The maximum Gasteiger partial charge on any atom is 0.194 e. The minimum Gasteiger partial charge on any atom is -0.289 e. The number of carbonyl (C=O) groups is 1. The molecule has 0 saturated heterocycles. The molecule has 20 rings (SSSR count). The van der Waals surface area contributed by atoms with Crippen LogP contribution in [0.5, 0.6) is 0 Å². The summed E-state index contributed by atoms with van der Waals surface area (Å²) in [6, 6.07) is 110. The number of carbonyl (C=O) groups excluding carboxylic acids is 1. The first-order valence-electron chi connectivity index (χ1n) is 41.0. The van der Waals surface area contributed by atoms with Crippen LogP contribution in [-0.2, 0) is 16.2 Å². The van der Waals surface area contributed by atoms with Crippen molar-refractivity contribution in [1.82, 2.24) is 15.0 Å². The third kappa shape index (κ3) is 17.8. The Morgan fingerprint density at radius 3 is 1.19 bits per heavy atom. The van der Waals surface area contributed by atoms with Gasteiger partial charge in [0.15, 0.2) is 23.3 Å². The highest BCUT2D eigenvalue weighted by Crippen LogP contribution is 2.55. The zero-order chi connectivity index (χ0) is 80.2. The fourth-order valence-corrected chi connectivity index (χ4v) is 18.5. The molecule has 4 nitrogen and oxygen atoms in total. The SMILES string of the molecule is C.CC1(C)C2=C(C=C[C+]=C2)c2c(-c3ccccc3)cccc21.CC1(C)c2ccccc2-c2c(-c3ccccc3)cccc21.CC1(C)c2ccccc2-c2c(Cl)cccc21.Clc1cc(-c2nc(-c3ccccc3)nc(-c3ccccc3)n2)cc(C2CCCCCCCCCCC2)c1.O=C1c2ccccc2-c2c(Cl)cccc21.c1ccccc1. The van der Waals surface area contributed by atoms with Gasteiger partial charge in [0.05, 0.1) is 22.6 Å². The van der Waals surface area contributed by atoms with Gasteiger partial charge in [0, 0.05) is 76.5 Å². The van der Waals surface area contributed by atoms with Gasteiger partial charge in [-0.15, -0.1) is 0 Å². The van der Waals surface area contributed by atoms with Crippen LogP contribution in [-0.4, -0.2) is 20.7 Å². The Hall–Kier alpha value is -11.5. The number of halogens is 3. The Morgan fingerprint density at radius 2 is 0.675 bits per heavy atom. The van der Waals surface area contributed by atoms with Gasteiger partial charge in [0.25, 0.3) is 0 Å². The van der Waals surface area contributed by atoms with Gasteiger partial charge < -0.3 is 0 Å². The van der Waals surface area contributed by atoms with E-state index in [1.54, 1.807) is 0 Å². The van der Waals surface area contributed by atoms with Crippen molar-refractivity contribution in [2.45, 2.75) is 142 Å². The minimum absolute atomic E-state index is 0. The topological polar surface area (TPSA) is 55.7 Å². The van der Waals surface area contributed by atoms with E-state index in [2.05, 4.69) is 224 Å². The lowest BCUT2D eigenvalue weighted by Crippen LogP contribution is -2.16. The number of hydrogen-bond acceptors (Lipinski definition) is 4. The predicted octanol–water partition coefficient (Wildman–Crippen LogP) is 31.4. The number of rotatable bonds is 6. The second kappa shape index (κ2) is 37.2. The molecule has 0 amide bonds. The van der Waals surface area contributed by atoms with Crippen molar-refractivity contribution in [2.75, 3.05) is 0 Å². The summed E-state index contributed by atoms with van der Waals surface area (Å²) in [5.41, 5.74) is 29.4. The van der Waals surface area contributed by atoms with E-state index in [-0.39, 0.29) is 29.5 Å². The molecule has 582 valence electrons. The average molecular weight is 1590 g/mol. The molecular formula is C110H101Cl3N3O+. The van der Waals surface area contributed by atoms with Crippen LogP contribution in [0.4, 0.5) is 0 Å². The Bertz CT molecular complexity index is 5810. The molecular weight excluding hydrogens is 1490 g/mol. The molecule has 1 saturated carbocycles. The number of allylic oxidation sites excluding steroid dienone is 6. The lowest BCUT2D eigenvalue weighted by atomic mass is 9.80. The van der Waals surface area contributed by atoms with Gasteiger partial charge in [0.2, 0.25) is 0 Å². The van der Waals surface area contributed by atoms with Crippen LogP contribution in [0.3, 0.4) is 0 Å². The number of nitrogens with zero attached hydrogens (tertiary/aromatic N) is 3. The van der Waals surface area contributed by atoms with Crippen LogP contribution in [0, 0.1) is 6.08 Å². The summed E-state index contributed by atoms with van der Waals surface area (Å²) in [7, 11) is 0. The van der Waals surface area contributed by atoms with E-state index in [0.29, 0.717) is 34.0 Å². The molecule has 0 aliphatic heterocycles. The predicted molar refractivity (Wildman–Crippen MR) is 495 cm³/mol. The molecule has 6 aliphatic rings. The lowest BCUT2D eigenvalue weighted by molar-refractivity contribution is 0.104. The van der Waals surface area contributed by atoms with E-state index < -0.39 is 0 Å². The van der Waals surface area contributed by atoms with Crippen molar-refractivity contribution >= 4 is 46.2 Å². The summed E-state index contributed by atoms with van der Waals surface area (Å²) < 4.78 is 0. The van der Waals surface area contributed by atoms with E-state index >= 15 is 0 Å². The molecule has 13 aromatic carbocycles. The van der Waals surface area contributed by atoms with Crippen LogP contribution >= 0.6 is 34.8 Å².